The SMILES string of the molecule is CON1C(C)(C)C=C(c2nc3c(C(N)=O)cccc3[nH]2)C1(C)C.Cl. The maximum absolute atomic E-state index is 11.6. The monoisotopic (exact) mass is 350 g/mol. The minimum absolute atomic E-state index is 0. The number of nitrogens with zero attached hydrogens (tertiary/aromatic N) is 2. The molecule has 1 aromatic heterocycles. The van der Waals surface area contributed by atoms with Crippen LogP contribution >= 0.6 is 12.4 Å². The predicted octanol–water partition coefficient (Wildman–Crippen LogP) is 2.90. The molecule has 7 heteroatoms. The van der Waals surface area contributed by atoms with Crippen molar-refractivity contribution in [1.82, 2.24) is 15.0 Å². The number of halogens is 1. The van der Waals surface area contributed by atoms with Crippen molar-refractivity contribution in [3.8, 4) is 0 Å². The molecule has 0 radical (unpaired) electrons. The lowest BCUT2D eigenvalue weighted by molar-refractivity contribution is -0.209. The van der Waals surface area contributed by atoms with Crippen LogP contribution in [-0.2, 0) is 4.84 Å². The van der Waals surface area contributed by atoms with Gasteiger partial charge >= 0.3 is 0 Å². The summed E-state index contributed by atoms with van der Waals surface area (Å²) in [7, 11) is 1.67. The summed E-state index contributed by atoms with van der Waals surface area (Å²) in [5.41, 5.74) is 7.66. The maximum atomic E-state index is 11.6. The number of fused-ring (bicyclic) bond motifs is 1. The molecule has 6 nitrogen and oxygen atoms in total. The van der Waals surface area contributed by atoms with Crippen LogP contribution in [0.4, 0.5) is 0 Å². The molecule has 3 rings (SSSR count). The van der Waals surface area contributed by atoms with Crippen LogP contribution in [0, 0.1) is 0 Å². The topological polar surface area (TPSA) is 84.2 Å². The first-order chi connectivity index (χ1) is 10.7. The number of amides is 1. The molecule has 130 valence electrons. The van der Waals surface area contributed by atoms with Crippen molar-refractivity contribution in [2.45, 2.75) is 38.8 Å². The Morgan fingerprint density at radius 3 is 2.50 bits per heavy atom. The van der Waals surface area contributed by atoms with Crippen LogP contribution in [-0.4, -0.2) is 39.1 Å². The van der Waals surface area contributed by atoms with Gasteiger partial charge in [-0.1, -0.05) is 12.1 Å². The van der Waals surface area contributed by atoms with Gasteiger partial charge in [0.2, 0.25) is 0 Å². The molecule has 1 aliphatic heterocycles. The molecular weight excluding hydrogens is 328 g/mol. The fourth-order valence-electron chi connectivity index (χ4n) is 3.60. The van der Waals surface area contributed by atoms with Crippen molar-refractivity contribution >= 4 is 34.9 Å². The van der Waals surface area contributed by atoms with Crippen LogP contribution in [0.3, 0.4) is 0 Å². The van der Waals surface area contributed by atoms with E-state index in [-0.39, 0.29) is 23.5 Å². The minimum Gasteiger partial charge on any atom is -0.366 e. The number of carbonyl (C=O) groups is 1. The zero-order valence-electron chi connectivity index (χ0n) is 14.5. The van der Waals surface area contributed by atoms with Crippen molar-refractivity contribution in [2.75, 3.05) is 7.11 Å². The van der Waals surface area contributed by atoms with E-state index in [4.69, 9.17) is 10.6 Å². The number of aromatic nitrogens is 2. The Bertz CT molecular complexity index is 823. The number of nitrogens with two attached hydrogens (primary N) is 1. The molecule has 0 atom stereocenters. The predicted molar refractivity (Wildman–Crippen MR) is 96.8 cm³/mol. The standard InChI is InChI=1S/C17H22N4O2.ClH/c1-16(2)9-11(17(3,4)21(16)23-5)15-19-12-8-6-7-10(14(18)22)13(12)20-15;/h6-9H,1-5H3,(H2,18,22)(H,19,20);1H. The second-order valence-electron chi connectivity index (χ2n) is 6.90. The number of H-pyrrole nitrogens is 1. The summed E-state index contributed by atoms with van der Waals surface area (Å²) >= 11 is 0. The number of hydrogen-bond acceptors (Lipinski definition) is 4. The molecular formula is C17H23ClN4O2. The van der Waals surface area contributed by atoms with Gasteiger partial charge in [0.05, 0.1) is 29.3 Å². The average Bonchev–Trinajstić information content (AvgIpc) is 2.94. The lowest BCUT2D eigenvalue weighted by Crippen LogP contribution is -2.49. The second-order valence-corrected chi connectivity index (χ2v) is 6.90. The quantitative estimate of drug-likeness (QED) is 0.891. The van der Waals surface area contributed by atoms with E-state index in [1.54, 1.807) is 19.2 Å². The van der Waals surface area contributed by atoms with Gasteiger partial charge in [0.1, 0.15) is 11.3 Å². The molecule has 24 heavy (non-hydrogen) atoms. The van der Waals surface area contributed by atoms with Gasteiger partial charge in [-0.15, -0.1) is 12.4 Å². The summed E-state index contributed by atoms with van der Waals surface area (Å²) in [4.78, 5) is 25.1. The molecule has 2 heterocycles. The lowest BCUT2D eigenvalue weighted by atomic mass is 9.96. The molecule has 0 saturated carbocycles. The molecule has 1 aliphatic rings. The van der Waals surface area contributed by atoms with Crippen molar-refractivity contribution < 1.29 is 9.63 Å². The van der Waals surface area contributed by atoms with Gasteiger partial charge in [0, 0.05) is 5.57 Å². The van der Waals surface area contributed by atoms with Crippen molar-refractivity contribution in [2.24, 2.45) is 5.73 Å². The maximum Gasteiger partial charge on any atom is 0.250 e. The number of primary amides is 1. The molecule has 0 aliphatic carbocycles. The van der Waals surface area contributed by atoms with Crippen molar-refractivity contribution in [1.29, 1.82) is 0 Å². The van der Waals surface area contributed by atoms with Gasteiger partial charge < -0.3 is 15.6 Å². The van der Waals surface area contributed by atoms with E-state index in [0.717, 1.165) is 16.9 Å². The van der Waals surface area contributed by atoms with Gasteiger partial charge in [-0.05, 0) is 39.8 Å². The molecule has 3 N–H and O–H groups in total. The van der Waals surface area contributed by atoms with E-state index in [1.807, 2.05) is 11.1 Å². The van der Waals surface area contributed by atoms with Crippen LogP contribution < -0.4 is 5.73 Å². The molecule has 1 amide bonds. The van der Waals surface area contributed by atoms with E-state index in [2.05, 4.69) is 43.7 Å². The van der Waals surface area contributed by atoms with Gasteiger partial charge in [0.25, 0.3) is 5.91 Å². The second kappa shape index (κ2) is 5.88. The molecule has 0 fully saturated rings. The number of rotatable bonds is 3. The molecule has 0 spiro atoms. The number of benzene rings is 1. The van der Waals surface area contributed by atoms with Crippen LogP contribution in [0.2, 0.25) is 0 Å². The molecule has 0 saturated heterocycles. The molecule has 0 unspecified atom stereocenters. The van der Waals surface area contributed by atoms with Crippen LogP contribution in [0.5, 0.6) is 0 Å². The highest BCUT2D eigenvalue weighted by Gasteiger charge is 2.47. The highest BCUT2D eigenvalue weighted by Crippen LogP contribution is 2.44. The number of aromatic amines is 1. The normalized spacial score (nSPS) is 19.1. The van der Waals surface area contributed by atoms with Crippen LogP contribution in [0.25, 0.3) is 16.6 Å². The first kappa shape index (κ1) is 18.4. The van der Waals surface area contributed by atoms with E-state index in [9.17, 15) is 4.79 Å². The van der Waals surface area contributed by atoms with E-state index in [1.165, 1.54) is 0 Å². The van der Waals surface area contributed by atoms with Gasteiger partial charge in [-0.2, -0.15) is 5.06 Å². The van der Waals surface area contributed by atoms with Crippen molar-refractivity contribution in [3.63, 3.8) is 0 Å². The third-order valence-corrected chi connectivity index (χ3v) is 4.40. The smallest absolute Gasteiger partial charge is 0.250 e. The summed E-state index contributed by atoms with van der Waals surface area (Å²) in [6.45, 7) is 8.34. The summed E-state index contributed by atoms with van der Waals surface area (Å²) in [6, 6.07) is 5.37. The number of imidazole rings is 1. The summed E-state index contributed by atoms with van der Waals surface area (Å²) in [5, 5.41) is 1.94. The Morgan fingerprint density at radius 2 is 1.96 bits per heavy atom. The van der Waals surface area contributed by atoms with Crippen LogP contribution in [0.15, 0.2) is 24.3 Å². The number of nitrogens with one attached hydrogen (secondary N) is 1. The Labute approximate surface area is 147 Å². The largest absolute Gasteiger partial charge is 0.366 e. The molecule has 2 aromatic rings. The van der Waals surface area contributed by atoms with Gasteiger partial charge in [-0.3, -0.25) is 4.79 Å². The fraction of sp³-hybridized carbons (Fsp3) is 0.412. The Morgan fingerprint density at radius 1 is 1.29 bits per heavy atom. The fourth-order valence-corrected chi connectivity index (χ4v) is 3.60. The Kier molecular flexibility index (Phi) is 4.52. The first-order valence-electron chi connectivity index (χ1n) is 7.55. The zero-order valence-corrected chi connectivity index (χ0v) is 15.3. The lowest BCUT2D eigenvalue weighted by Gasteiger charge is -2.39. The summed E-state index contributed by atoms with van der Waals surface area (Å²) in [6.07, 6.45) is 2.14. The Balaban J connectivity index is 0.00000208. The minimum atomic E-state index is -0.479. The summed E-state index contributed by atoms with van der Waals surface area (Å²) < 4.78 is 0. The number of carbonyl (C=O) groups excluding carboxylic acids is 1. The molecule has 1 aromatic carbocycles. The number of hydroxylamine groups is 2. The van der Waals surface area contributed by atoms with E-state index in [0.29, 0.717) is 11.1 Å². The summed E-state index contributed by atoms with van der Waals surface area (Å²) in [5.74, 6) is 0.249. The molecule has 0 bridgehead atoms. The van der Waals surface area contributed by atoms with E-state index >= 15 is 0 Å². The number of hydrogen-bond donors (Lipinski definition) is 2. The Hall–Kier alpha value is -1.89. The third-order valence-electron chi connectivity index (χ3n) is 4.40. The van der Waals surface area contributed by atoms with E-state index < -0.39 is 5.91 Å². The third kappa shape index (κ3) is 2.60. The first-order valence-corrected chi connectivity index (χ1v) is 7.55. The highest BCUT2D eigenvalue weighted by molar-refractivity contribution is 6.04. The van der Waals surface area contributed by atoms with Gasteiger partial charge in [-0.25, -0.2) is 4.98 Å². The average molecular weight is 351 g/mol. The highest BCUT2D eigenvalue weighted by atomic mass is 35.5. The number of para-hydroxylation sites is 1. The van der Waals surface area contributed by atoms with Gasteiger partial charge in [0.15, 0.2) is 0 Å². The van der Waals surface area contributed by atoms with Crippen LogP contribution in [0.1, 0.15) is 43.9 Å². The van der Waals surface area contributed by atoms with Crippen molar-refractivity contribution in [3.05, 3.63) is 35.7 Å². The zero-order chi connectivity index (χ0) is 17.0.